The Bertz CT molecular complexity index is 871. The van der Waals surface area contributed by atoms with Gasteiger partial charge in [-0.25, -0.2) is 9.98 Å². The maximum Gasteiger partial charge on any atom is 0.191 e. The van der Waals surface area contributed by atoms with Crippen LogP contribution in [0.3, 0.4) is 0 Å². The van der Waals surface area contributed by atoms with Gasteiger partial charge in [0.1, 0.15) is 11.6 Å². The smallest absolute Gasteiger partial charge is 0.191 e. The molecule has 1 aromatic carbocycles. The van der Waals surface area contributed by atoms with Crippen LogP contribution in [0.5, 0.6) is 5.75 Å². The minimum Gasteiger partial charge on any atom is -0.494 e. The Morgan fingerprint density at radius 2 is 2.13 bits per heavy atom. The van der Waals surface area contributed by atoms with E-state index in [1.165, 1.54) is 5.56 Å². The molecule has 3 rings (SSSR count). The van der Waals surface area contributed by atoms with Crippen molar-refractivity contribution in [1.82, 2.24) is 15.6 Å². The second-order valence-corrected chi connectivity index (χ2v) is 7.74. The molecule has 2 N–H and O–H groups in total. The number of aryl methyl sites for hydroxylation is 1. The molecule has 1 aliphatic heterocycles. The van der Waals surface area contributed by atoms with E-state index in [1.807, 2.05) is 19.2 Å². The first-order valence-electron chi connectivity index (χ1n) is 11.1. The number of nitrogens with zero attached hydrogens (tertiary/aromatic N) is 3. The molecule has 2 heterocycles. The van der Waals surface area contributed by atoms with Crippen LogP contribution in [-0.4, -0.2) is 49.9 Å². The standard InChI is InChI=1S/C24H35N5O2/c1-5-25-24(28-16-21-8-7-18(3)13-22(21)30-6-2)27-15-20-9-10-26-23(14-20)29-11-12-31-19(4)17-29/h7-10,13-14,19H,5-6,11-12,15-17H2,1-4H3,(H2,25,27,28). The summed E-state index contributed by atoms with van der Waals surface area (Å²) in [6, 6.07) is 10.4. The first-order chi connectivity index (χ1) is 15.1. The van der Waals surface area contributed by atoms with E-state index in [9.17, 15) is 0 Å². The van der Waals surface area contributed by atoms with Crippen LogP contribution in [-0.2, 0) is 17.8 Å². The lowest BCUT2D eigenvalue weighted by Crippen LogP contribution is -2.41. The van der Waals surface area contributed by atoms with Gasteiger partial charge in [0, 0.05) is 37.9 Å². The van der Waals surface area contributed by atoms with Crippen molar-refractivity contribution in [2.75, 3.05) is 37.7 Å². The topological polar surface area (TPSA) is 71.0 Å². The van der Waals surface area contributed by atoms with Gasteiger partial charge in [0.2, 0.25) is 0 Å². The van der Waals surface area contributed by atoms with E-state index in [1.54, 1.807) is 0 Å². The molecule has 0 saturated carbocycles. The van der Waals surface area contributed by atoms with Crippen molar-refractivity contribution in [3.8, 4) is 5.75 Å². The third kappa shape index (κ3) is 6.85. The Morgan fingerprint density at radius 3 is 2.90 bits per heavy atom. The van der Waals surface area contributed by atoms with Crippen molar-refractivity contribution in [2.45, 2.75) is 46.9 Å². The number of rotatable bonds is 8. The van der Waals surface area contributed by atoms with Gasteiger partial charge >= 0.3 is 0 Å². The van der Waals surface area contributed by atoms with Gasteiger partial charge < -0.3 is 25.0 Å². The molecule has 1 aliphatic rings. The minimum absolute atomic E-state index is 0.227. The molecule has 0 amide bonds. The molecule has 0 aliphatic carbocycles. The Hall–Kier alpha value is -2.80. The molecule has 31 heavy (non-hydrogen) atoms. The van der Waals surface area contributed by atoms with Crippen LogP contribution in [0.4, 0.5) is 5.82 Å². The number of ether oxygens (including phenoxy) is 2. The number of pyridine rings is 1. The summed E-state index contributed by atoms with van der Waals surface area (Å²) in [6.45, 7) is 13.4. The monoisotopic (exact) mass is 425 g/mol. The third-order valence-corrected chi connectivity index (χ3v) is 5.11. The summed E-state index contributed by atoms with van der Waals surface area (Å²) in [5.74, 6) is 2.69. The lowest BCUT2D eigenvalue weighted by molar-refractivity contribution is 0.0529. The van der Waals surface area contributed by atoms with E-state index in [0.29, 0.717) is 19.7 Å². The van der Waals surface area contributed by atoms with Crippen molar-refractivity contribution < 1.29 is 9.47 Å². The molecule has 7 heteroatoms. The fourth-order valence-corrected chi connectivity index (χ4v) is 3.55. The molecule has 1 atom stereocenters. The molecule has 0 radical (unpaired) electrons. The quantitative estimate of drug-likeness (QED) is 0.500. The molecule has 1 unspecified atom stereocenters. The highest BCUT2D eigenvalue weighted by molar-refractivity contribution is 5.79. The fourth-order valence-electron chi connectivity index (χ4n) is 3.55. The molecule has 7 nitrogen and oxygen atoms in total. The summed E-state index contributed by atoms with van der Waals surface area (Å²) in [4.78, 5) is 11.6. The van der Waals surface area contributed by atoms with E-state index in [2.05, 4.69) is 65.6 Å². The van der Waals surface area contributed by atoms with Gasteiger partial charge in [0.05, 0.1) is 25.9 Å². The van der Waals surface area contributed by atoms with Gasteiger partial charge in [-0.2, -0.15) is 0 Å². The molecule has 2 aromatic rings. The highest BCUT2D eigenvalue weighted by Crippen LogP contribution is 2.20. The van der Waals surface area contributed by atoms with Gasteiger partial charge in [-0.1, -0.05) is 12.1 Å². The van der Waals surface area contributed by atoms with E-state index < -0.39 is 0 Å². The SMILES string of the molecule is CCNC(=NCc1ccnc(N2CCOC(C)C2)c1)NCc1ccc(C)cc1OCC. The third-order valence-electron chi connectivity index (χ3n) is 5.11. The maximum atomic E-state index is 5.80. The van der Waals surface area contributed by atoms with Gasteiger partial charge in [0.25, 0.3) is 0 Å². The summed E-state index contributed by atoms with van der Waals surface area (Å²) in [6.07, 6.45) is 2.09. The van der Waals surface area contributed by atoms with Crippen molar-refractivity contribution in [2.24, 2.45) is 4.99 Å². The minimum atomic E-state index is 0.227. The highest BCUT2D eigenvalue weighted by Gasteiger charge is 2.18. The number of benzene rings is 1. The molecule has 168 valence electrons. The molecular formula is C24H35N5O2. The predicted molar refractivity (Wildman–Crippen MR) is 126 cm³/mol. The first-order valence-corrected chi connectivity index (χ1v) is 11.1. The normalized spacial score (nSPS) is 16.8. The van der Waals surface area contributed by atoms with Gasteiger partial charge in [-0.05, 0) is 57.0 Å². The summed E-state index contributed by atoms with van der Waals surface area (Å²) in [5.41, 5.74) is 3.44. The van der Waals surface area contributed by atoms with Crippen molar-refractivity contribution in [3.05, 3.63) is 53.2 Å². The van der Waals surface area contributed by atoms with Crippen LogP contribution in [0, 0.1) is 6.92 Å². The molecule has 1 aromatic heterocycles. The number of aromatic nitrogens is 1. The van der Waals surface area contributed by atoms with E-state index in [-0.39, 0.29) is 6.10 Å². The van der Waals surface area contributed by atoms with Gasteiger partial charge in [0.15, 0.2) is 5.96 Å². The van der Waals surface area contributed by atoms with E-state index >= 15 is 0 Å². The summed E-state index contributed by atoms with van der Waals surface area (Å²) >= 11 is 0. The highest BCUT2D eigenvalue weighted by atomic mass is 16.5. The second-order valence-electron chi connectivity index (χ2n) is 7.74. The summed E-state index contributed by atoms with van der Waals surface area (Å²) in [7, 11) is 0. The van der Waals surface area contributed by atoms with Crippen LogP contribution in [0.25, 0.3) is 0 Å². The summed E-state index contributed by atoms with van der Waals surface area (Å²) < 4.78 is 11.4. The van der Waals surface area contributed by atoms with Crippen LogP contribution in [0.2, 0.25) is 0 Å². The van der Waals surface area contributed by atoms with Crippen LogP contribution < -0.4 is 20.3 Å². The zero-order valence-corrected chi connectivity index (χ0v) is 19.1. The Labute approximate surface area is 185 Å². The number of aliphatic imine (C=N–C) groups is 1. The Balaban J connectivity index is 1.65. The maximum absolute atomic E-state index is 5.80. The number of anilines is 1. The lowest BCUT2D eigenvalue weighted by Gasteiger charge is -2.32. The number of hydrogen-bond donors (Lipinski definition) is 2. The predicted octanol–water partition coefficient (Wildman–Crippen LogP) is 3.27. The molecule has 1 saturated heterocycles. The number of nitrogens with one attached hydrogen (secondary N) is 2. The van der Waals surface area contributed by atoms with Gasteiger partial charge in [-0.15, -0.1) is 0 Å². The molecular weight excluding hydrogens is 390 g/mol. The zero-order valence-electron chi connectivity index (χ0n) is 19.1. The van der Waals surface area contributed by atoms with E-state index in [0.717, 1.165) is 54.9 Å². The largest absolute Gasteiger partial charge is 0.494 e. The van der Waals surface area contributed by atoms with Crippen LogP contribution in [0.15, 0.2) is 41.5 Å². The van der Waals surface area contributed by atoms with Gasteiger partial charge in [-0.3, -0.25) is 0 Å². The fraction of sp³-hybridized carbons (Fsp3) is 0.500. The number of hydrogen-bond acceptors (Lipinski definition) is 5. The molecule has 0 bridgehead atoms. The molecule has 1 fully saturated rings. The van der Waals surface area contributed by atoms with Crippen molar-refractivity contribution in [1.29, 1.82) is 0 Å². The lowest BCUT2D eigenvalue weighted by atomic mass is 10.1. The van der Waals surface area contributed by atoms with Crippen molar-refractivity contribution >= 4 is 11.8 Å². The summed E-state index contributed by atoms with van der Waals surface area (Å²) in [5, 5.41) is 6.75. The number of morpholine rings is 1. The zero-order chi connectivity index (χ0) is 22.1. The Morgan fingerprint density at radius 1 is 1.26 bits per heavy atom. The van der Waals surface area contributed by atoms with Crippen LogP contribution >= 0.6 is 0 Å². The average Bonchev–Trinajstić information content (AvgIpc) is 2.77. The average molecular weight is 426 g/mol. The van der Waals surface area contributed by atoms with E-state index in [4.69, 9.17) is 14.5 Å². The molecule has 0 spiro atoms. The van der Waals surface area contributed by atoms with Crippen LogP contribution in [0.1, 0.15) is 37.5 Å². The second kappa shape index (κ2) is 11.6. The Kier molecular flexibility index (Phi) is 8.53. The number of guanidine groups is 1. The van der Waals surface area contributed by atoms with Crippen molar-refractivity contribution in [3.63, 3.8) is 0 Å². The first kappa shape index (κ1) is 22.9.